The molecule has 0 heterocycles. The topological polar surface area (TPSA) is 9.23 Å². The lowest BCUT2D eigenvalue weighted by atomic mass is 9.61. The first-order chi connectivity index (χ1) is 14.8. The van der Waals surface area contributed by atoms with E-state index in [0.29, 0.717) is 0 Å². The zero-order chi connectivity index (χ0) is 22.5. The Labute approximate surface area is 184 Å². The number of allylic oxidation sites excluding steroid dienone is 2. The van der Waals surface area contributed by atoms with Crippen molar-refractivity contribution in [2.75, 3.05) is 0 Å². The van der Waals surface area contributed by atoms with E-state index in [2.05, 4.69) is 17.7 Å². The molecule has 0 unspecified atom stereocenters. The highest BCUT2D eigenvalue weighted by atomic mass is 19.4. The van der Waals surface area contributed by atoms with E-state index in [1.165, 1.54) is 44.6 Å². The first-order valence-corrected chi connectivity index (χ1v) is 11.9. The molecule has 2 aliphatic rings. The van der Waals surface area contributed by atoms with Crippen LogP contribution in [0, 0.1) is 23.6 Å². The van der Waals surface area contributed by atoms with Crippen LogP contribution < -0.4 is 4.74 Å². The van der Waals surface area contributed by atoms with Crippen molar-refractivity contribution >= 4 is 0 Å². The summed E-state index contributed by atoms with van der Waals surface area (Å²) in [6, 6.07) is 4.03. The normalized spacial score (nSPS) is 29.9. The molecule has 0 saturated heterocycles. The molecule has 0 aliphatic heterocycles. The number of benzene rings is 1. The minimum absolute atomic E-state index is 0.208. The second-order valence-electron chi connectivity index (χ2n) is 9.65. The molecule has 0 amide bonds. The van der Waals surface area contributed by atoms with Crippen LogP contribution in [0.1, 0.15) is 90.0 Å². The SMILES string of the molecule is C/C=C\CC1(c2ccc(OC(F)(F)F)c(F)c2)CCC(C2CCC(CCC)CC2)CC1. The van der Waals surface area contributed by atoms with Gasteiger partial charge >= 0.3 is 6.36 Å². The molecule has 2 saturated carbocycles. The fraction of sp³-hybridized carbons (Fsp3) is 0.692. The Morgan fingerprint density at radius 3 is 2.23 bits per heavy atom. The van der Waals surface area contributed by atoms with E-state index in [1.54, 1.807) is 6.07 Å². The van der Waals surface area contributed by atoms with Crippen LogP contribution >= 0.6 is 0 Å². The fourth-order valence-electron chi connectivity index (χ4n) is 6.01. The van der Waals surface area contributed by atoms with Crippen molar-refractivity contribution in [1.29, 1.82) is 0 Å². The molecule has 5 heteroatoms. The summed E-state index contributed by atoms with van der Waals surface area (Å²) in [4.78, 5) is 0. The van der Waals surface area contributed by atoms with Crippen molar-refractivity contribution in [2.24, 2.45) is 17.8 Å². The quantitative estimate of drug-likeness (QED) is 0.304. The second kappa shape index (κ2) is 10.4. The summed E-state index contributed by atoms with van der Waals surface area (Å²) < 4.78 is 55.8. The van der Waals surface area contributed by atoms with Crippen LogP contribution in [0.25, 0.3) is 0 Å². The van der Waals surface area contributed by atoms with Gasteiger partial charge in [-0.2, -0.15) is 0 Å². The van der Waals surface area contributed by atoms with Crippen LogP contribution in [0.5, 0.6) is 5.75 Å². The smallest absolute Gasteiger partial charge is 0.403 e. The third-order valence-corrected chi connectivity index (χ3v) is 7.76. The lowest BCUT2D eigenvalue weighted by Gasteiger charge is -2.44. The molecule has 2 aliphatic carbocycles. The van der Waals surface area contributed by atoms with Crippen molar-refractivity contribution in [2.45, 2.75) is 96.3 Å². The molecule has 0 bridgehead atoms. The minimum Gasteiger partial charge on any atom is -0.403 e. The summed E-state index contributed by atoms with van der Waals surface area (Å²) in [6.07, 6.45) is 12.1. The molecule has 0 aromatic heterocycles. The molecule has 31 heavy (non-hydrogen) atoms. The summed E-state index contributed by atoms with van der Waals surface area (Å²) in [6.45, 7) is 4.23. The number of halogens is 4. The second-order valence-corrected chi connectivity index (χ2v) is 9.65. The highest BCUT2D eigenvalue weighted by molar-refractivity contribution is 5.35. The fourth-order valence-corrected chi connectivity index (χ4v) is 6.01. The summed E-state index contributed by atoms with van der Waals surface area (Å²) in [5.74, 6) is 0.728. The van der Waals surface area contributed by atoms with Gasteiger partial charge in [0.1, 0.15) is 0 Å². The van der Waals surface area contributed by atoms with Crippen LogP contribution in [0.3, 0.4) is 0 Å². The van der Waals surface area contributed by atoms with E-state index >= 15 is 0 Å². The van der Waals surface area contributed by atoms with E-state index < -0.39 is 17.9 Å². The molecule has 0 atom stereocenters. The van der Waals surface area contributed by atoms with Crippen molar-refractivity contribution in [3.05, 3.63) is 41.7 Å². The number of alkyl halides is 3. The zero-order valence-corrected chi connectivity index (χ0v) is 18.8. The maximum atomic E-state index is 14.5. The summed E-state index contributed by atoms with van der Waals surface area (Å²) in [7, 11) is 0. The van der Waals surface area contributed by atoms with Crippen molar-refractivity contribution in [1.82, 2.24) is 0 Å². The average Bonchev–Trinajstić information content (AvgIpc) is 2.74. The first kappa shape index (κ1) is 24.1. The largest absolute Gasteiger partial charge is 0.573 e. The van der Waals surface area contributed by atoms with E-state index in [-0.39, 0.29) is 5.41 Å². The monoisotopic (exact) mass is 440 g/mol. The standard InChI is InChI=1S/C26H36F4O/c1-3-5-15-25(22-11-12-24(23(27)18-22)31-26(28,29)30)16-13-21(14-17-25)20-9-7-19(6-4-2)8-10-20/h3,5,11-12,18-21H,4,6-10,13-17H2,1-2H3/b5-3-. The van der Waals surface area contributed by atoms with Gasteiger partial charge in [0.25, 0.3) is 0 Å². The Kier molecular flexibility index (Phi) is 8.09. The Morgan fingerprint density at radius 1 is 1.03 bits per heavy atom. The van der Waals surface area contributed by atoms with Gasteiger partial charge in [0, 0.05) is 0 Å². The Balaban J connectivity index is 1.69. The highest BCUT2D eigenvalue weighted by Crippen LogP contribution is 2.49. The molecule has 174 valence electrons. The highest BCUT2D eigenvalue weighted by Gasteiger charge is 2.40. The van der Waals surface area contributed by atoms with Crippen LogP contribution in [0.4, 0.5) is 17.6 Å². The van der Waals surface area contributed by atoms with Crippen LogP contribution in [0.15, 0.2) is 30.4 Å². The third-order valence-electron chi connectivity index (χ3n) is 7.76. The van der Waals surface area contributed by atoms with Gasteiger partial charge in [-0.15, -0.1) is 13.2 Å². The van der Waals surface area contributed by atoms with Crippen molar-refractivity contribution in [3.8, 4) is 5.75 Å². The maximum Gasteiger partial charge on any atom is 0.573 e. The van der Waals surface area contributed by atoms with E-state index in [1.807, 2.05) is 13.0 Å². The predicted molar refractivity (Wildman–Crippen MR) is 117 cm³/mol. The minimum atomic E-state index is -4.89. The number of ether oxygens (including phenoxy) is 1. The lowest BCUT2D eigenvalue weighted by Crippen LogP contribution is -2.34. The van der Waals surface area contributed by atoms with E-state index in [4.69, 9.17) is 0 Å². The van der Waals surface area contributed by atoms with Gasteiger partial charge < -0.3 is 4.74 Å². The zero-order valence-electron chi connectivity index (χ0n) is 18.8. The lowest BCUT2D eigenvalue weighted by molar-refractivity contribution is -0.275. The van der Waals surface area contributed by atoms with Crippen molar-refractivity contribution in [3.63, 3.8) is 0 Å². The maximum absolute atomic E-state index is 14.5. The summed E-state index contributed by atoms with van der Waals surface area (Å²) in [5.41, 5.74) is 0.586. The van der Waals surface area contributed by atoms with E-state index in [0.717, 1.165) is 61.5 Å². The molecule has 1 aromatic rings. The predicted octanol–water partition coefficient (Wildman–Crippen LogP) is 8.73. The Morgan fingerprint density at radius 2 is 1.68 bits per heavy atom. The number of hydrogen-bond donors (Lipinski definition) is 0. The summed E-state index contributed by atoms with van der Waals surface area (Å²) in [5, 5.41) is 0. The van der Waals surface area contributed by atoms with Gasteiger partial charge in [-0.05, 0) is 92.7 Å². The molecular formula is C26H36F4O. The molecule has 0 N–H and O–H groups in total. The van der Waals surface area contributed by atoms with Gasteiger partial charge in [0.2, 0.25) is 0 Å². The average molecular weight is 441 g/mol. The van der Waals surface area contributed by atoms with Gasteiger partial charge in [-0.25, -0.2) is 4.39 Å². The van der Waals surface area contributed by atoms with Crippen LogP contribution in [-0.4, -0.2) is 6.36 Å². The number of hydrogen-bond acceptors (Lipinski definition) is 1. The number of rotatable bonds is 7. The molecule has 1 nitrogen and oxygen atoms in total. The molecule has 0 spiro atoms. The Hall–Kier alpha value is -1.52. The molecular weight excluding hydrogens is 404 g/mol. The van der Waals surface area contributed by atoms with E-state index in [9.17, 15) is 17.6 Å². The molecule has 3 rings (SSSR count). The van der Waals surface area contributed by atoms with Gasteiger partial charge in [0.15, 0.2) is 11.6 Å². The van der Waals surface area contributed by atoms with Crippen LogP contribution in [-0.2, 0) is 5.41 Å². The summed E-state index contributed by atoms with van der Waals surface area (Å²) >= 11 is 0. The Bertz CT molecular complexity index is 723. The van der Waals surface area contributed by atoms with Gasteiger partial charge in [0.05, 0.1) is 0 Å². The van der Waals surface area contributed by atoms with Crippen LogP contribution in [0.2, 0.25) is 0 Å². The molecule has 1 aromatic carbocycles. The van der Waals surface area contributed by atoms with Gasteiger partial charge in [-0.3, -0.25) is 0 Å². The van der Waals surface area contributed by atoms with Gasteiger partial charge in [-0.1, -0.05) is 50.8 Å². The first-order valence-electron chi connectivity index (χ1n) is 11.9. The van der Waals surface area contributed by atoms with Crippen molar-refractivity contribution < 1.29 is 22.3 Å². The molecule has 2 fully saturated rings. The molecule has 0 radical (unpaired) electrons. The third kappa shape index (κ3) is 6.26.